The first-order valence-corrected chi connectivity index (χ1v) is 15.7. The Balaban J connectivity index is 1.67. The molecule has 1 atom stereocenters. The third-order valence-electron chi connectivity index (χ3n) is 7.68. The zero-order valence-corrected chi connectivity index (χ0v) is 25.6. The summed E-state index contributed by atoms with van der Waals surface area (Å²) in [6.07, 6.45) is 4.95. The Bertz CT molecular complexity index is 1740. The van der Waals surface area contributed by atoms with Crippen LogP contribution < -0.4 is 0 Å². The molecule has 0 bridgehead atoms. The first kappa shape index (κ1) is 25.1. The number of rotatable bonds is 2. The van der Waals surface area contributed by atoms with Crippen LogP contribution in [0.5, 0.6) is 0 Å². The highest BCUT2D eigenvalue weighted by Crippen LogP contribution is 2.67. The minimum atomic E-state index is -0.287. The zero-order valence-electron chi connectivity index (χ0n) is 22.6. The lowest BCUT2D eigenvalue weighted by atomic mass is 9.89. The topological polar surface area (TPSA) is 0 Å². The van der Waals surface area contributed by atoms with Gasteiger partial charge in [0, 0.05) is 9.24 Å². The third-order valence-corrected chi connectivity index (χ3v) is 13.3. The maximum atomic E-state index is 2.68. The molecule has 0 aromatic heterocycles. The molecule has 1 aliphatic carbocycles. The summed E-state index contributed by atoms with van der Waals surface area (Å²) in [4.78, 5) is 0. The van der Waals surface area contributed by atoms with Crippen LogP contribution in [0.15, 0.2) is 94.6 Å². The quantitative estimate of drug-likeness (QED) is 0.0805. The molecule has 0 amide bonds. The van der Waals surface area contributed by atoms with E-state index in [-0.39, 0.29) is 18.2 Å². The minimum absolute atomic E-state index is 0.270. The molecule has 0 saturated heterocycles. The minimum Gasteiger partial charge on any atom is -0.0835 e. The van der Waals surface area contributed by atoms with Crippen LogP contribution in [-0.2, 0) is 0 Å². The summed E-state index contributed by atoms with van der Waals surface area (Å²) in [6.45, 7) is 14.6. The second kappa shape index (κ2) is 8.92. The summed E-state index contributed by atoms with van der Waals surface area (Å²) >= 11 is 2.68. The van der Waals surface area contributed by atoms with Gasteiger partial charge in [-0.3, -0.25) is 0 Å². The Kier molecular flexibility index (Phi) is 6.05. The molecular weight excluding hydrogens is 578 g/mol. The maximum absolute atomic E-state index is 2.68. The number of benzene rings is 5. The van der Waals surface area contributed by atoms with Crippen LogP contribution in [0.1, 0.15) is 47.1 Å². The van der Waals surface area contributed by atoms with Crippen LogP contribution in [0.25, 0.3) is 48.7 Å². The van der Waals surface area contributed by atoms with Gasteiger partial charge in [-0.2, -0.15) is 0 Å². The molecule has 5 aromatic carbocycles. The molecule has 5 aromatic rings. The van der Waals surface area contributed by atoms with Crippen molar-refractivity contribution < 1.29 is 0 Å². The predicted octanol–water partition coefficient (Wildman–Crippen LogP) is 11.5. The fourth-order valence-electron chi connectivity index (χ4n) is 6.61. The normalized spacial score (nSPS) is 16.8. The third kappa shape index (κ3) is 4.23. The van der Waals surface area contributed by atoms with E-state index in [2.05, 4.69) is 155 Å². The van der Waals surface area contributed by atoms with Crippen LogP contribution >= 0.6 is 30.5 Å². The number of hydrogen-bond acceptors (Lipinski definition) is 0. The molecule has 1 aliphatic rings. The SMILES string of the molecule is CC(C)(C)P(C1C=CC(c2c3ccccc3cc3c2ccc2cc4ccccc4cc23)=C1I)C(C)(C)C. The van der Waals surface area contributed by atoms with E-state index < -0.39 is 0 Å². The second-order valence-electron chi connectivity index (χ2n) is 12.3. The van der Waals surface area contributed by atoms with Gasteiger partial charge < -0.3 is 0 Å². The van der Waals surface area contributed by atoms with Gasteiger partial charge in [0.1, 0.15) is 0 Å². The van der Waals surface area contributed by atoms with Crippen molar-refractivity contribution in [3.05, 3.63) is 100 Å². The second-order valence-corrected chi connectivity index (χ2v) is 17.5. The lowest BCUT2D eigenvalue weighted by Gasteiger charge is -2.45. The monoisotopic (exact) mass is 612 g/mol. The molecule has 0 N–H and O–H groups in total. The summed E-state index contributed by atoms with van der Waals surface area (Å²) < 4.78 is 1.50. The highest BCUT2D eigenvalue weighted by molar-refractivity contribution is 14.1. The van der Waals surface area contributed by atoms with E-state index in [0.29, 0.717) is 5.66 Å². The van der Waals surface area contributed by atoms with Crippen molar-refractivity contribution in [2.24, 2.45) is 0 Å². The molecule has 2 heteroatoms. The molecule has 0 fully saturated rings. The van der Waals surface area contributed by atoms with Gasteiger partial charge in [0.2, 0.25) is 0 Å². The van der Waals surface area contributed by atoms with Gasteiger partial charge in [-0.25, -0.2) is 0 Å². The summed E-state index contributed by atoms with van der Waals surface area (Å²) in [7, 11) is -0.287. The Morgan fingerprint density at radius 3 is 1.84 bits per heavy atom. The largest absolute Gasteiger partial charge is 0.0835 e. The number of fused-ring (bicyclic) bond motifs is 5. The Morgan fingerprint density at radius 1 is 0.595 bits per heavy atom. The van der Waals surface area contributed by atoms with Gasteiger partial charge in [0.25, 0.3) is 0 Å². The van der Waals surface area contributed by atoms with Crippen molar-refractivity contribution in [3.8, 4) is 0 Å². The van der Waals surface area contributed by atoms with Crippen LogP contribution in [0, 0.1) is 0 Å². The zero-order chi connectivity index (χ0) is 26.1. The smallest absolute Gasteiger partial charge is 0.0298 e. The standard InChI is InChI=1S/C35H34IP/c1-34(2,3)37(35(4,5)6)31-18-17-28(33(31)36)32-26-14-10-9-13-24(26)21-30-27(32)16-15-25-19-22-11-7-8-12-23(22)20-29(25)30/h7-21,31H,1-6H3. The molecule has 0 radical (unpaired) electrons. The lowest BCUT2D eigenvalue weighted by molar-refractivity contribution is 0.701. The van der Waals surface area contributed by atoms with Gasteiger partial charge in [-0.1, -0.05) is 122 Å². The van der Waals surface area contributed by atoms with Crippen molar-refractivity contribution >= 4 is 79.2 Å². The maximum Gasteiger partial charge on any atom is 0.0298 e. The highest BCUT2D eigenvalue weighted by Gasteiger charge is 2.42. The van der Waals surface area contributed by atoms with E-state index in [1.807, 2.05) is 0 Å². The lowest BCUT2D eigenvalue weighted by Crippen LogP contribution is -2.30. The Labute approximate surface area is 235 Å². The van der Waals surface area contributed by atoms with Crippen molar-refractivity contribution in [2.45, 2.75) is 57.5 Å². The van der Waals surface area contributed by atoms with Gasteiger partial charge in [0.05, 0.1) is 0 Å². The fraction of sp³-hybridized carbons (Fsp3) is 0.257. The molecule has 37 heavy (non-hydrogen) atoms. The van der Waals surface area contributed by atoms with Crippen LogP contribution in [0.2, 0.25) is 0 Å². The van der Waals surface area contributed by atoms with E-state index in [4.69, 9.17) is 0 Å². The fourth-order valence-corrected chi connectivity index (χ4v) is 12.4. The highest BCUT2D eigenvalue weighted by atomic mass is 127. The Morgan fingerprint density at radius 2 is 1.16 bits per heavy atom. The number of allylic oxidation sites excluding steroid dienone is 4. The first-order valence-electron chi connectivity index (χ1n) is 13.2. The molecule has 0 spiro atoms. The van der Waals surface area contributed by atoms with Crippen LogP contribution in [0.3, 0.4) is 0 Å². The average Bonchev–Trinajstić information content (AvgIpc) is 3.19. The van der Waals surface area contributed by atoms with Crippen molar-refractivity contribution in [1.82, 2.24) is 0 Å². The molecule has 0 nitrogen and oxygen atoms in total. The van der Waals surface area contributed by atoms with E-state index in [0.717, 1.165) is 0 Å². The average molecular weight is 613 g/mol. The van der Waals surface area contributed by atoms with Crippen molar-refractivity contribution in [1.29, 1.82) is 0 Å². The predicted molar refractivity (Wildman–Crippen MR) is 177 cm³/mol. The van der Waals surface area contributed by atoms with Crippen LogP contribution in [0.4, 0.5) is 0 Å². The molecule has 6 rings (SSSR count). The Hall–Kier alpha value is -2.22. The van der Waals surface area contributed by atoms with Crippen molar-refractivity contribution in [3.63, 3.8) is 0 Å². The van der Waals surface area contributed by atoms with Crippen molar-refractivity contribution in [2.75, 3.05) is 0 Å². The van der Waals surface area contributed by atoms with Gasteiger partial charge in [0.15, 0.2) is 0 Å². The molecule has 186 valence electrons. The van der Waals surface area contributed by atoms with Gasteiger partial charge >= 0.3 is 0 Å². The molecule has 0 heterocycles. The molecular formula is C35H34IP. The molecule has 0 saturated carbocycles. The summed E-state index contributed by atoms with van der Waals surface area (Å²) in [5, 5.41) is 11.1. The number of halogens is 1. The van der Waals surface area contributed by atoms with E-state index >= 15 is 0 Å². The van der Waals surface area contributed by atoms with Gasteiger partial charge in [-0.15, -0.1) is 0 Å². The van der Waals surface area contributed by atoms with Crippen LogP contribution in [-0.4, -0.2) is 16.0 Å². The summed E-state index contributed by atoms with van der Waals surface area (Å²) in [6, 6.07) is 29.5. The molecule has 1 unspecified atom stereocenters. The molecule has 0 aliphatic heterocycles. The van der Waals surface area contributed by atoms with E-state index in [1.165, 1.54) is 57.8 Å². The summed E-state index contributed by atoms with van der Waals surface area (Å²) in [5.41, 5.74) is 3.29. The summed E-state index contributed by atoms with van der Waals surface area (Å²) in [5.74, 6) is 0. The first-order chi connectivity index (χ1) is 17.5. The van der Waals surface area contributed by atoms with E-state index in [9.17, 15) is 0 Å². The van der Waals surface area contributed by atoms with E-state index in [1.54, 1.807) is 0 Å². The number of hydrogen-bond donors (Lipinski definition) is 0. The van der Waals surface area contributed by atoms with Gasteiger partial charge in [-0.05, 0) is 105 Å².